The van der Waals surface area contributed by atoms with Gasteiger partial charge in [-0.3, -0.25) is 9.59 Å². The van der Waals surface area contributed by atoms with E-state index in [0.29, 0.717) is 11.3 Å². The first-order chi connectivity index (χ1) is 8.86. The second kappa shape index (κ2) is 6.22. The lowest BCUT2D eigenvalue weighted by atomic mass is 10.1. The van der Waals surface area contributed by atoms with Gasteiger partial charge in [0.25, 0.3) is 5.91 Å². The highest BCUT2D eigenvalue weighted by Gasteiger charge is 2.22. The molecule has 5 nitrogen and oxygen atoms in total. The lowest BCUT2D eigenvalue weighted by molar-refractivity contribution is -0.137. The van der Waals surface area contributed by atoms with E-state index < -0.39 is 5.97 Å². The number of carboxylic acids is 1. The summed E-state index contributed by atoms with van der Waals surface area (Å²) in [5, 5.41) is 8.76. The molecule has 0 aliphatic rings. The van der Waals surface area contributed by atoms with Gasteiger partial charge in [0, 0.05) is 13.1 Å². The Kier molecular flexibility index (Phi) is 4.92. The van der Waals surface area contributed by atoms with Crippen LogP contribution < -0.4 is 4.74 Å². The van der Waals surface area contributed by atoms with Crippen LogP contribution in [0.1, 0.15) is 29.3 Å². The Labute approximate surface area is 112 Å². The van der Waals surface area contributed by atoms with E-state index in [0.717, 1.165) is 5.56 Å². The van der Waals surface area contributed by atoms with Crippen molar-refractivity contribution in [1.82, 2.24) is 4.90 Å². The van der Waals surface area contributed by atoms with Gasteiger partial charge in [-0.15, -0.1) is 0 Å². The van der Waals surface area contributed by atoms with E-state index in [4.69, 9.17) is 9.84 Å². The van der Waals surface area contributed by atoms with E-state index >= 15 is 0 Å². The fourth-order valence-corrected chi connectivity index (χ4v) is 1.75. The molecule has 0 radical (unpaired) electrons. The highest BCUT2D eigenvalue weighted by molar-refractivity contribution is 5.97. The van der Waals surface area contributed by atoms with Gasteiger partial charge in [0.15, 0.2) is 0 Å². The summed E-state index contributed by atoms with van der Waals surface area (Å²) in [7, 11) is 3.10. The Hall–Kier alpha value is -2.04. The topological polar surface area (TPSA) is 66.8 Å². The predicted molar refractivity (Wildman–Crippen MR) is 71.5 cm³/mol. The molecular weight excluding hydrogens is 246 g/mol. The zero-order valence-electron chi connectivity index (χ0n) is 11.6. The Morgan fingerprint density at radius 2 is 2.05 bits per heavy atom. The van der Waals surface area contributed by atoms with Gasteiger partial charge in [-0.25, -0.2) is 0 Å². The van der Waals surface area contributed by atoms with E-state index in [2.05, 4.69) is 0 Å². The first kappa shape index (κ1) is 15.0. The lowest BCUT2D eigenvalue weighted by Crippen LogP contribution is -2.36. The minimum absolute atomic E-state index is 0.0869. The number of carbonyl (C=O) groups excluding carboxylic acids is 1. The van der Waals surface area contributed by atoms with Crippen molar-refractivity contribution >= 4 is 11.9 Å². The molecular formula is C14H19NO4. The number of methoxy groups -OCH3 is 1. The Bertz CT molecular complexity index is 484. The Morgan fingerprint density at radius 3 is 2.58 bits per heavy atom. The molecule has 0 heterocycles. The van der Waals surface area contributed by atoms with Crippen LogP contribution in [0, 0.1) is 6.92 Å². The molecule has 0 saturated heterocycles. The number of amides is 1. The summed E-state index contributed by atoms with van der Waals surface area (Å²) < 4.78 is 5.19. The van der Waals surface area contributed by atoms with E-state index in [-0.39, 0.29) is 18.4 Å². The molecule has 0 saturated carbocycles. The Morgan fingerprint density at radius 1 is 1.42 bits per heavy atom. The largest absolute Gasteiger partial charge is 0.496 e. The molecule has 0 aliphatic carbocycles. The summed E-state index contributed by atoms with van der Waals surface area (Å²) in [6.07, 6.45) is -0.0869. The first-order valence-corrected chi connectivity index (χ1v) is 6.00. The maximum absolute atomic E-state index is 12.3. The summed E-state index contributed by atoms with van der Waals surface area (Å²) in [5.74, 6) is -0.673. The van der Waals surface area contributed by atoms with Gasteiger partial charge in [0.1, 0.15) is 5.75 Å². The Balaban J connectivity index is 2.96. The van der Waals surface area contributed by atoms with E-state index in [1.807, 2.05) is 13.0 Å². The van der Waals surface area contributed by atoms with Crippen LogP contribution in [-0.2, 0) is 4.79 Å². The number of rotatable bonds is 5. The van der Waals surface area contributed by atoms with Gasteiger partial charge in [0.05, 0.1) is 19.1 Å². The monoisotopic (exact) mass is 265 g/mol. The molecule has 0 fully saturated rings. The zero-order chi connectivity index (χ0) is 14.6. The normalized spacial score (nSPS) is 11.8. The molecule has 1 aromatic rings. The molecule has 5 heteroatoms. The van der Waals surface area contributed by atoms with Gasteiger partial charge in [0.2, 0.25) is 0 Å². The van der Waals surface area contributed by atoms with Gasteiger partial charge >= 0.3 is 5.97 Å². The molecule has 1 rings (SSSR count). The number of aliphatic carboxylic acids is 1. The molecule has 1 unspecified atom stereocenters. The zero-order valence-corrected chi connectivity index (χ0v) is 11.6. The van der Waals surface area contributed by atoms with E-state index in [9.17, 15) is 9.59 Å². The van der Waals surface area contributed by atoms with Gasteiger partial charge in [-0.2, -0.15) is 0 Å². The second-order valence-corrected chi connectivity index (χ2v) is 4.57. The summed E-state index contributed by atoms with van der Waals surface area (Å²) in [6, 6.07) is 4.92. The third-order valence-electron chi connectivity index (χ3n) is 3.04. The van der Waals surface area contributed by atoms with Gasteiger partial charge < -0.3 is 14.7 Å². The molecule has 0 aromatic heterocycles. The van der Waals surface area contributed by atoms with Crippen molar-refractivity contribution in [2.24, 2.45) is 0 Å². The number of carboxylic acid groups (broad SMARTS) is 1. The molecule has 0 bridgehead atoms. The minimum Gasteiger partial charge on any atom is -0.496 e. The first-order valence-electron chi connectivity index (χ1n) is 6.00. The van der Waals surface area contributed by atoms with Crippen LogP contribution in [-0.4, -0.2) is 42.1 Å². The standard InChI is InChI=1S/C14H19NO4/c1-9-5-6-11(12(7-9)19-4)14(18)15(3)10(2)8-13(16)17/h5-7,10H,8H2,1-4H3,(H,16,17). The van der Waals surface area contributed by atoms with Crippen LogP contribution in [0.5, 0.6) is 5.75 Å². The summed E-state index contributed by atoms with van der Waals surface area (Å²) in [4.78, 5) is 24.4. The molecule has 1 amide bonds. The third-order valence-corrected chi connectivity index (χ3v) is 3.04. The number of carbonyl (C=O) groups is 2. The summed E-state index contributed by atoms with van der Waals surface area (Å²) >= 11 is 0. The van der Waals surface area contributed by atoms with Crippen molar-refractivity contribution < 1.29 is 19.4 Å². The predicted octanol–water partition coefficient (Wildman–Crippen LogP) is 1.94. The van der Waals surface area contributed by atoms with E-state index in [1.54, 1.807) is 26.1 Å². The average Bonchev–Trinajstić information content (AvgIpc) is 2.36. The van der Waals surface area contributed by atoms with Crippen LogP contribution >= 0.6 is 0 Å². The van der Waals surface area contributed by atoms with Crippen molar-refractivity contribution in [3.63, 3.8) is 0 Å². The molecule has 0 aliphatic heterocycles. The van der Waals surface area contributed by atoms with Crippen molar-refractivity contribution in [1.29, 1.82) is 0 Å². The fourth-order valence-electron chi connectivity index (χ4n) is 1.75. The van der Waals surface area contributed by atoms with E-state index in [1.165, 1.54) is 12.0 Å². The highest BCUT2D eigenvalue weighted by Crippen LogP contribution is 2.22. The van der Waals surface area contributed by atoms with Crippen LogP contribution in [0.15, 0.2) is 18.2 Å². The number of nitrogens with zero attached hydrogens (tertiary/aromatic N) is 1. The molecule has 1 atom stereocenters. The number of hydrogen-bond acceptors (Lipinski definition) is 3. The highest BCUT2D eigenvalue weighted by atomic mass is 16.5. The number of aryl methyl sites for hydroxylation is 1. The third kappa shape index (κ3) is 3.71. The fraction of sp³-hybridized carbons (Fsp3) is 0.429. The van der Waals surface area contributed by atoms with Crippen LogP contribution in [0.3, 0.4) is 0 Å². The smallest absolute Gasteiger partial charge is 0.305 e. The van der Waals surface area contributed by atoms with Crippen molar-refractivity contribution in [3.8, 4) is 5.75 Å². The molecule has 1 aromatic carbocycles. The van der Waals surface area contributed by atoms with Gasteiger partial charge in [-0.1, -0.05) is 6.07 Å². The van der Waals surface area contributed by atoms with Crippen molar-refractivity contribution in [3.05, 3.63) is 29.3 Å². The number of benzene rings is 1. The lowest BCUT2D eigenvalue weighted by Gasteiger charge is -2.24. The van der Waals surface area contributed by atoms with Gasteiger partial charge in [-0.05, 0) is 31.5 Å². The van der Waals surface area contributed by atoms with Crippen LogP contribution in [0.4, 0.5) is 0 Å². The summed E-state index contributed by atoms with van der Waals surface area (Å²) in [6.45, 7) is 3.61. The molecule has 104 valence electrons. The van der Waals surface area contributed by atoms with Crippen molar-refractivity contribution in [2.75, 3.05) is 14.2 Å². The maximum Gasteiger partial charge on any atom is 0.305 e. The second-order valence-electron chi connectivity index (χ2n) is 4.57. The number of hydrogen-bond donors (Lipinski definition) is 1. The minimum atomic E-state index is -0.928. The molecule has 19 heavy (non-hydrogen) atoms. The average molecular weight is 265 g/mol. The quantitative estimate of drug-likeness (QED) is 0.883. The molecule has 0 spiro atoms. The SMILES string of the molecule is COc1cc(C)ccc1C(=O)N(C)C(C)CC(=O)O. The van der Waals surface area contributed by atoms with Crippen LogP contribution in [0.2, 0.25) is 0 Å². The van der Waals surface area contributed by atoms with Crippen LogP contribution in [0.25, 0.3) is 0 Å². The maximum atomic E-state index is 12.3. The van der Waals surface area contributed by atoms with Crippen molar-refractivity contribution in [2.45, 2.75) is 26.3 Å². The summed E-state index contributed by atoms with van der Waals surface area (Å²) in [5.41, 5.74) is 1.43. The number of ether oxygens (including phenoxy) is 1. The molecule has 1 N–H and O–H groups in total.